The zero-order valence-corrected chi connectivity index (χ0v) is 14.7. The second-order valence-corrected chi connectivity index (χ2v) is 5.65. The van der Waals surface area contributed by atoms with Crippen LogP contribution in [0.2, 0.25) is 0 Å². The average Bonchev–Trinajstić information content (AvgIpc) is 2.73. The summed E-state index contributed by atoms with van der Waals surface area (Å²) in [6, 6.07) is 11.8. The highest BCUT2D eigenvalue weighted by molar-refractivity contribution is 5.92. The molecule has 9 heteroatoms. The predicted molar refractivity (Wildman–Crippen MR) is 95.8 cm³/mol. The first-order chi connectivity index (χ1) is 13.5. The van der Waals surface area contributed by atoms with Gasteiger partial charge in [0.15, 0.2) is 29.0 Å². The molecule has 0 saturated heterocycles. The summed E-state index contributed by atoms with van der Waals surface area (Å²) in [4.78, 5) is 12.2. The van der Waals surface area contributed by atoms with Crippen LogP contribution in [-0.4, -0.2) is 23.2 Å². The van der Waals surface area contributed by atoms with E-state index in [1.165, 1.54) is 19.2 Å². The number of nitrogens with zero attached hydrogens (tertiary/aromatic N) is 2. The van der Waals surface area contributed by atoms with Crippen LogP contribution in [0.1, 0.15) is 16.1 Å². The molecule has 0 atom stereocenters. The standard InChI is InChI=1S/C19H15F3N4O2/c1-28-15-5-3-2-4-11(15)10-23-19(27)14-8-9-16(26-25-14)24-13-7-6-12(20)17(21)18(13)22/h2-9H,10H2,1H3,(H,23,27)(H,24,26). The third-order valence-corrected chi connectivity index (χ3v) is 3.83. The van der Waals surface area contributed by atoms with Crippen LogP contribution in [-0.2, 0) is 6.54 Å². The number of ether oxygens (including phenoxy) is 1. The number of benzene rings is 2. The molecule has 6 nitrogen and oxygen atoms in total. The van der Waals surface area contributed by atoms with Crippen LogP contribution < -0.4 is 15.4 Å². The van der Waals surface area contributed by atoms with E-state index >= 15 is 0 Å². The maximum absolute atomic E-state index is 13.7. The van der Waals surface area contributed by atoms with Gasteiger partial charge in [-0.3, -0.25) is 4.79 Å². The molecule has 0 fully saturated rings. The van der Waals surface area contributed by atoms with Crippen LogP contribution in [0.25, 0.3) is 0 Å². The molecule has 0 bridgehead atoms. The Kier molecular flexibility index (Phi) is 5.73. The van der Waals surface area contributed by atoms with Gasteiger partial charge in [-0.05, 0) is 30.3 Å². The van der Waals surface area contributed by atoms with Crippen molar-refractivity contribution in [2.45, 2.75) is 6.54 Å². The van der Waals surface area contributed by atoms with Gasteiger partial charge in [0.1, 0.15) is 5.75 Å². The Morgan fingerprint density at radius 2 is 1.79 bits per heavy atom. The van der Waals surface area contributed by atoms with E-state index in [0.717, 1.165) is 17.7 Å². The zero-order chi connectivity index (χ0) is 20.1. The minimum atomic E-state index is -1.59. The molecule has 0 spiro atoms. The molecular weight excluding hydrogens is 373 g/mol. The molecule has 3 rings (SSSR count). The summed E-state index contributed by atoms with van der Waals surface area (Å²) in [5, 5.41) is 12.7. The molecule has 0 unspecified atom stereocenters. The maximum Gasteiger partial charge on any atom is 0.272 e. The summed E-state index contributed by atoms with van der Waals surface area (Å²) < 4.78 is 45.1. The summed E-state index contributed by atoms with van der Waals surface area (Å²) in [5.74, 6) is -4.03. The van der Waals surface area contributed by atoms with E-state index in [4.69, 9.17) is 4.74 Å². The fraction of sp³-hybridized carbons (Fsp3) is 0.105. The number of hydrogen-bond acceptors (Lipinski definition) is 5. The molecule has 1 amide bonds. The minimum absolute atomic E-state index is 0.0335. The van der Waals surface area contributed by atoms with E-state index in [1.807, 2.05) is 18.2 Å². The molecule has 0 aliphatic carbocycles. The molecular formula is C19H15F3N4O2. The van der Waals surface area contributed by atoms with Crippen LogP contribution in [0.5, 0.6) is 5.75 Å². The Morgan fingerprint density at radius 1 is 1.00 bits per heavy atom. The summed E-state index contributed by atoms with van der Waals surface area (Å²) >= 11 is 0. The van der Waals surface area contributed by atoms with Crippen molar-refractivity contribution < 1.29 is 22.7 Å². The van der Waals surface area contributed by atoms with Crippen molar-refractivity contribution in [2.24, 2.45) is 0 Å². The van der Waals surface area contributed by atoms with Crippen molar-refractivity contribution in [1.29, 1.82) is 0 Å². The highest BCUT2D eigenvalue weighted by atomic mass is 19.2. The number of amides is 1. The number of carbonyl (C=O) groups is 1. The lowest BCUT2D eigenvalue weighted by Crippen LogP contribution is -2.24. The summed E-state index contributed by atoms with van der Waals surface area (Å²) in [5.41, 5.74) is 0.520. The van der Waals surface area contributed by atoms with E-state index in [0.29, 0.717) is 5.75 Å². The van der Waals surface area contributed by atoms with E-state index in [9.17, 15) is 18.0 Å². The Balaban J connectivity index is 1.65. The minimum Gasteiger partial charge on any atom is -0.496 e. The van der Waals surface area contributed by atoms with Crippen molar-refractivity contribution in [3.8, 4) is 5.75 Å². The lowest BCUT2D eigenvalue weighted by Gasteiger charge is -2.10. The molecule has 3 aromatic rings. The Hall–Kier alpha value is -3.62. The fourth-order valence-electron chi connectivity index (χ4n) is 2.40. The van der Waals surface area contributed by atoms with E-state index < -0.39 is 23.4 Å². The Labute approximate surface area is 158 Å². The topological polar surface area (TPSA) is 76.1 Å². The average molecular weight is 388 g/mol. The van der Waals surface area contributed by atoms with Crippen molar-refractivity contribution in [3.63, 3.8) is 0 Å². The molecule has 2 N–H and O–H groups in total. The Morgan fingerprint density at radius 3 is 2.50 bits per heavy atom. The lowest BCUT2D eigenvalue weighted by atomic mass is 10.2. The van der Waals surface area contributed by atoms with E-state index in [2.05, 4.69) is 20.8 Å². The molecule has 144 valence electrons. The normalized spacial score (nSPS) is 10.4. The van der Waals surface area contributed by atoms with Gasteiger partial charge in [0.2, 0.25) is 0 Å². The second kappa shape index (κ2) is 8.38. The largest absolute Gasteiger partial charge is 0.496 e. The number of para-hydroxylation sites is 1. The molecule has 0 saturated carbocycles. The predicted octanol–water partition coefficient (Wildman–Crippen LogP) is 3.58. The van der Waals surface area contributed by atoms with Crippen LogP contribution in [0.4, 0.5) is 24.7 Å². The SMILES string of the molecule is COc1ccccc1CNC(=O)c1ccc(Nc2ccc(F)c(F)c2F)nn1. The van der Waals surface area contributed by atoms with Crippen molar-refractivity contribution >= 4 is 17.4 Å². The second-order valence-electron chi connectivity index (χ2n) is 5.65. The summed E-state index contributed by atoms with van der Waals surface area (Å²) in [6.07, 6.45) is 0. The molecule has 28 heavy (non-hydrogen) atoms. The van der Waals surface area contributed by atoms with Crippen molar-refractivity contribution in [2.75, 3.05) is 12.4 Å². The van der Waals surface area contributed by atoms with Gasteiger partial charge in [0, 0.05) is 12.1 Å². The van der Waals surface area contributed by atoms with Crippen LogP contribution in [0.3, 0.4) is 0 Å². The number of anilines is 2. The van der Waals surface area contributed by atoms with Gasteiger partial charge >= 0.3 is 0 Å². The molecule has 1 heterocycles. The van der Waals surface area contributed by atoms with E-state index in [-0.39, 0.29) is 23.7 Å². The quantitative estimate of drug-likeness (QED) is 0.632. The zero-order valence-electron chi connectivity index (χ0n) is 14.7. The van der Waals surface area contributed by atoms with Gasteiger partial charge in [-0.2, -0.15) is 0 Å². The van der Waals surface area contributed by atoms with E-state index in [1.54, 1.807) is 6.07 Å². The first kappa shape index (κ1) is 19.2. The smallest absolute Gasteiger partial charge is 0.272 e. The number of rotatable bonds is 6. The van der Waals surface area contributed by atoms with Gasteiger partial charge in [-0.1, -0.05) is 18.2 Å². The first-order valence-electron chi connectivity index (χ1n) is 8.14. The maximum atomic E-state index is 13.7. The van der Waals surface area contributed by atoms with Crippen molar-refractivity contribution in [1.82, 2.24) is 15.5 Å². The molecule has 0 aliphatic heterocycles. The monoisotopic (exact) mass is 388 g/mol. The van der Waals surface area contributed by atoms with Crippen molar-refractivity contribution in [3.05, 3.63) is 77.2 Å². The van der Waals surface area contributed by atoms with Crippen LogP contribution in [0.15, 0.2) is 48.5 Å². The van der Waals surface area contributed by atoms with Gasteiger partial charge < -0.3 is 15.4 Å². The van der Waals surface area contributed by atoms with Gasteiger partial charge in [-0.25, -0.2) is 13.2 Å². The summed E-state index contributed by atoms with van der Waals surface area (Å²) in [7, 11) is 1.54. The molecule has 2 aromatic carbocycles. The van der Waals surface area contributed by atoms with Crippen LogP contribution in [0, 0.1) is 17.5 Å². The number of aromatic nitrogens is 2. The number of hydrogen-bond donors (Lipinski definition) is 2. The highest BCUT2D eigenvalue weighted by Gasteiger charge is 2.14. The fourth-order valence-corrected chi connectivity index (χ4v) is 2.40. The summed E-state index contributed by atoms with van der Waals surface area (Å²) in [6.45, 7) is 0.227. The highest BCUT2D eigenvalue weighted by Crippen LogP contribution is 2.22. The lowest BCUT2D eigenvalue weighted by molar-refractivity contribution is 0.0944. The molecule has 0 radical (unpaired) electrons. The molecule has 1 aromatic heterocycles. The first-order valence-corrected chi connectivity index (χ1v) is 8.14. The van der Waals surface area contributed by atoms with Crippen LogP contribution >= 0.6 is 0 Å². The third kappa shape index (κ3) is 4.20. The number of nitrogens with one attached hydrogen (secondary N) is 2. The van der Waals surface area contributed by atoms with Gasteiger partial charge in [0.25, 0.3) is 5.91 Å². The number of carbonyl (C=O) groups excluding carboxylic acids is 1. The van der Waals surface area contributed by atoms with Gasteiger partial charge in [-0.15, -0.1) is 10.2 Å². The van der Waals surface area contributed by atoms with Gasteiger partial charge in [0.05, 0.1) is 12.8 Å². The number of halogens is 3. The molecule has 0 aliphatic rings. The Bertz CT molecular complexity index is 997. The third-order valence-electron chi connectivity index (χ3n) is 3.83. The number of methoxy groups -OCH3 is 1.